The quantitative estimate of drug-likeness (QED) is 0.538. The molecule has 144 valence electrons. The first-order valence-corrected chi connectivity index (χ1v) is 10.5. The Labute approximate surface area is 170 Å². The Bertz CT molecular complexity index is 985. The molecule has 0 spiro atoms. The van der Waals surface area contributed by atoms with Crippen molar-refractivity contribution in [3.63, 3.8) is 0 Å². The fraction of sp³-hybridized carbons (Fsp3) is 0.304. The molecule has 1 fully saturated rings. The Morgan fingerprint density at radius 1 is 1.14 bits per heavy atom. The van der Waals surface area contributed by atoms with Gasteiger partial charge in [0.15, 0.2) is 0 Å². The van der Waals surface area contributed by atoms with Gasteiger partial charge in [-0.25, -0.2) is 4.98 Å². The van der Waals surface area contributed by atoms with Crippen molar-refractivity contribution in [2.75, 3.05) is 31.2 Å². The van der Waals surface area contributed by atoms with Crippen LogP contribution < -0.4 is 4.90 Å². The molecule has 0 N–H and O–H groups in total. The first-order chi connectivity index (χ1) is 13.7. The summed E-state index contributed by atoms with van der Waals surface area (Å²) in [6.45, 7) is 7.66. The van der Waals surface area contributed by atoms with Crippen LogP contribution in [-0.4, -0.2) is 37.5 Å². The molecule has 28 heavy (non-hydrogen) atoms. The van der Waals surface area contributed by atoms with E-state index >= 15 is 0 Å². The van der Waals surface area contributed by atoms with Crippen molar-refractivity contribution in [3.05, 3.63) is 59.6 Å². The number of nitrogens with zero attached hydrogens (tertiary/aromatic N) is 3. The number of benzene rings is 1. The van der Waals surface area contributed by atoms with Gasteiger partial charge in [-0.1, -0.05) is 25.1 Å². The Morgan fingerprint density at radius 3 is 2.68 bits per heavy atom. The Morgan fingerprint density at radius 2 is 1.93 bits per heavy atom. The standard InChI is InChI=1S/C23H25N3OS/c1-3-10-24-16-17(2)22-15-19-6-9-21(25-23(19)28-22)18-4-7-20(8-5-18)26-11-13-27-14-12-26/h3-10,15-17H,11-14H2,1-2H3/b10-3-,24-16-/t17-/m1/s1. The third-order valence-electron chi connectivity index (χ3n) is 4.93. The van der Waals surface area contributed by atoms with Crippen LogP contribution in [0, 0.1) is 0 Å². The molecule has 2 aromatic heterocycles. The zero-order valence-corrected chi connectivity index (χ0v) is 17.2. The summed E-state index contributed by atoms with van der Waals surface area (Å²) in [5.41, 5.74) is 3.42. The second kappa shape index (κ2) is 8.67. The second-order valence-corrected chi connectivity index (χ2v) is 8.02. The summed E-state index contributed by atoms with van der Waals surface area (Å²) < 4.78 is 5.44. The number of aromatic nitrogens is 1. The minimum absolute atomic E-state index is 0.284. The third-order valence-corrected chi connectivity index (χ3v) is 6.18. The zero-order valence-electron chi connectivity index (χ0n) is 16.3. The lowest BCUT2D eigenvalue weighted by atomic mass is 10.1. The maximum absolute atomic E-state index is 5.44. The molecule has 0 bridgehead atoms. The Hall–Kier alpha value is -2.50. The van der Waals surface area contributed by atoms with Gasteiger partial charge >= 0.3 is 0 Å². The van der Waals surface area contributed by atoms with E-state index in [2.05, 4.69) is 59.3 Å². The van der Waals surface area contributed by atoms with E-state index in [4.69, 9.17) is 9.72 Å². The van der Waals surface area contributed by atoms with Crippen molar-refractivity contribution in [3.8, 4) is 11.3 Å². The topological polar surface area (TPSA) is 37.7 Å². The average molecular weight is 392 g/mol. The summed E-state index contributed by atoms with van der Waals surface area (Å²) in [6, 6.07) is 15.2. The minimum Gasteiger partial charge on any atom is -0.378 e. The number of ether oxygens (including phenoxy) is 1. The number of fused-ring (bicyclic) bond motifs is 1. The van der Waals surface area contributed by atoms with Crippen LogP contribution in [0.2, 0.25) is 0 Å². The number of rotatable bonds is 5. The zero-order chi connectivity index (χ0) is 19.3. The average Bonchev–Trinajstić information content (AvgIpc) is 3.18. The van der Waals surface area contributed by atoms with Gasteiger partial charge in [0.1, 0.15) is 4.83 Å². The molecule has 0 amide bonds. The molecule has 0 radical (unpaired) electrons. The molecule has 1 atom stereocenters. The van der Waals surface area contributed by atoms with Crippen molar-refractivity contribution in [2.45, 2.75) is 19.8 Å². The van der Waals surface area contributed by atoms with Gasteiger partial charge in [-0.05, 0) is 37.3 Å². The van der Waals surface area contributed by atoms with E-state index in [9.17, 15) is 0 Å². The number of thiophene rings is 1. The van der Waals surface area contributed by atoms with E-state index in [-0.39, 0.29) is 5.92 Å². The van der Waals surface area contributed by atoms with E-state index in [1.165, 1.54) is 16.0 Å². The first-order valence-electron chi connectivity index (χ1n) is 9.72. The number of hydrogen-bond donors (Lipinski definition) is 0. The van der Waals surface area contributed by atoms with E-state index in [0.29, 0.717) is 0 Å². The maximum Gasteiger partial charge on any atom is 0.124 e. The lowest BCUT2D eigenvalue weighted by molar-refractivity contribution is 0.122. The van der Waals surface area contributed by atoms with E-state index in [1.807, 2.05) is 25.4 Å². The van der Waals surface area contributed by atoms with Crippen LogP contribution in [0.3, 0.4) is 0 Å². The van der Waals surface area contributed by atoms with Crippen LogP contribution in [0.25, 0.3) is 21.5 Å². The van der Waals surface area contributed by atoms with Gasteiger partial charge in [0.25, 0.3) is 0 Å². The predicted molar refractivity (Wildman–Crippen MR) is 120 cm³/mol. The van der Waals surface area contributed by atoms with Gasteiger partial charge in [0.2, 0.25) is 0 Å². The molecule has 0 saturated carbocycles. The Balaban J connectivity index is 1.55. The molecule has 1 aromatic carbocycles. The summed E-state index contributed by atoms with van der Waals surface area (Å²) in [6.07, 6.45) is 5.74. The minimum atomic E-state index is 0.284. The van der Waals surface area contributed by atoms with Gasteiger partial charge < -0.3 is 9.64 Å². The van der Waals surface area contributed by atoms with Crippen molar-refractivity contribution < 1.29 is 4.74 Å². The van der Waals surface area contributed by atoms with Gasteiger partial charge in [-0.3, -0.25) is 4.99 Å². The number of anilines is 1. The Kier molecular flexibility index (Phi) is 5.84. The third kappa shape index (κ3) is 4.16. The number of hydrogen-bond acceptors (Lipinski definition) is 5. The number of aliphatic imine (C=N–C) groups is 1. The highest BCUT2D eigenvalue weighted by Crippen LogP contribution is 2.31. The highest BCUT2D eigenvalue weighted by atomic mass is 32.1. The largest absolute Gasteiger partial charge is 0.378 e. The molecule has 5 heteroatoms. The van der Waals surface area contributed by atoms with Gasteiger partial charge in [-0.15, -0.1) is 11.3 Å². The molecule has 0 aliphatic carbocycles. The molecule has 1 aliphatic rings. The molecule has 0 unspecified atom stereocenters. The van der Waals surface area contributed by atoms with Crippen LogP contribution >= 0.6 is 11.3 Å². The van der Waals surface area contributed by atoms with Crippen LogP contribution in [0.15, 0.2) is 59.7 Å². The van der Waals surface area contributed by atoms with E-state index in [0.717, 1.165) is 42.4 Å². The molecule has 4 nitrogen and oxygen atoms in total. The second-order valence-electron chi connectivity index (χ2n) is 6.96. The van der Waals surface area contributed by atoms with Gasteiger partial charge in [0.05, 0.1) is 18.9 Å². The molecule has 3 heterocycles. The molecule has 1 aliphatic heterocycles. The lowest BCUT2D eigenvalue weighted by Gasteiger charge is -2.28. The summed E-state index contributed by atoms with van der Waals surface area (Å²) in [4.78, 5) is 14.0. The number of pyridine rings is 1. The van der Waals surface area contributed by atoms with Crippen molar-refractivity contribution in [1.29, 1.82) is 0 Å². The molecule has 3 aromatic rings. The lowest BCUT2D eigenvalue weighted by Crippen LogP contribution is -2.36. The maximum atomic E-state index is 5.44. The van der Waals surface area contributed by atoms with E-state index in [1.54, 1.807) is 11.3 Å². The molecule has 1 saturated heterocycles. The van der Waals surface area contributed by atoms with Crippen molar-refractivity contribution >= 4 is 33.5 Å². The van der Waals surface area contributed by atoms with Gasteiger partial charge in [-0.2, -0.15) is 0 Å². The number of allylic oxidation sites excluding steroid dienone is 1. The fourth-order valence-electron chi connectivity index (χ4n) is 3.33. The fourth-order valence-corrected chi connectivity index (χ4v) is 4.37. The summed E-state index contributed by atoms with van der Waals surface area (Å²) in [5, 5.41) is 1.19. The number of morpholine rings is 1. The molecular weight excluding hydrogens is 366 g/mol. The summed E-state index contributed by atoms with van der Waals surface area (Å²) in [5.74, 6) is 0.284. The van der Waals surface area contributed by atoms with Crippen LogP contribution in [0.1, 0.15) is 24.6 Å². The predicted octanol–water partition coefficient (Wildman–Crippen LogP) is 5.51. The smallest absolute Gasteiger partial charge is 0.124 e. The van der Waals surface area contributed by atoms with E-state index < -0.39 is 0 Å². The highest BCUT2D eigenvalue weighted by Gasteiger charge is 2.12. The molecule has 4 rings (SSSR count). The summed E-state index contributed by atoms with van der Waals surface area (Å²) >= 11 is 1.75. The van der Waals surface area contributed by atoms with Crippen LogP contribution in [0.4, 0.5) is 5.69 Å². The summed E-state index contributed by atoms with van der Waals surface area (Å²) in [7, 11) is 0. The van der Waals surface area contributed by atoms with Crippen molar-refractivity contribution in [1.82, 2.24) is 4.98 Å². The van der Waals surface area contributed by atoms with Crippen LogP contribution in [-0.2, 0) is 4.74 Å². The van der Waals surface area contributed by atoms with Crippen molar-refractivity contribution in [2.24, 2.45) is 4.99 Å². The van der Waals surface area contributed by atoms with Crippen LogP contribution in [0.5, 0.6) is 0 Å². The van der Waals surface area contributed by atoms with Gasteiger partial charge in [0, 0.05) is 52.9 Å². The normalized spacial score (nSPS) is 16.4. The first kappa shape index (κ1) is 18.8. The molecular formula is C23H25N3OS. The highest BCUT2D eigenvalue weighted by molar-refractivity contribution is 7.18. The SMILES string of the molecule is C/C=C\N=C/[C@@H](C)c1cc2ccc(-c3ccc(N4CCOCC4)cc3)nc2s1. The monoisotopic (exact) mass is 391 g/mol.